The van der Waals surface area contributed by atoms with Crippen molar-refractivity contribution in [1.29, 1.82) is 5.26 Å². The standard InChI is InChI=1S/C21H20N6O3S2/c1-21(2,17-12-31-20(25-17)27-32(29,30)16-4-5-16)19(28)26-18-6-3-14(11-24-18)15-7-13(8-22)9-23-10-15/h3,6-7,9-12,16H,4-5H2,1-2H3,(H,25,27)(H,24,26,28). The Bertz CT molecular complexity index is 1310. The Kier molecular flexibility index (Phi) is 5.66. The second-order valence-electron chi connectivity index (χ2n) is 7.97. The minimum absolute atomic E-state index is 0.253. The molecule has 11 heteroatoms. The molecule has 1 fully saturated rings. The third kappa shape index (κ3) is 4.61. The summed E-state index contributed by atoms with van der Waals surface area (Å²) in [5.41, 5.74) is 1.41. The molecule has 1 saturated carbocycles. The van der Waals surface area contributed by atoms with E-state index in [1.165, 1.54) is 6.20 Å². The molecule has 3 aromatic heterocycles. The lowest BCUT2D eigenvalue weighted by molar-refractivity contribution is -0.120. The molecule has 1 amide bonds. The molecule has 0 radical (unpaired) electrons. The number of carbonyl (C=O) groups excluding carboxylic acids is 1. The van der Waals surface area contributed by atoms with Crippen LogP contribution in [0.15, 0.2) is 42.2 Å². The van der Waals surface area contributed by atoms with Gasteiger partial charge in [-0.3, -0.25) is 14.5 Å². The number of nitrogens with zero attached hydrogens (tertiary/aromatic N) is 4. The molecule has 0 bridgehead atoms. The number of pyridine rings is 2. The molecule has 0 aliphatic heterocycles. The second-order valence-corrected chi connectivity index (χ2v) is 10.8. The van der Waals surface area contributed by atoms with Crippen LogP contribution in [0.4, 0.5) is 10.9 Å². The maximum absolute atomic E-state index is 12.9. The summed E-state index contributed by atoms with van der Waals surface area (Å²) in [6, 6.07) is 7.20. The van der Waals surface area contributed by atoms with Gasteiger partial charge >= 0.3 is 0 Å². The number of sulfonamides is 1. The maximum Gasteiger partial charge on any atom is 0.237 e. The van der Waals surface area contributed by atoms with Gasteiger partial charge in [0.15, 0.2) is 5.13 Å². The molecule has 0 unspecified atom stereocenters. The van der Waals surface area contributed by atoms with Crippen LogP contribution < -0.4 is 10.0 Å². The van der Waals surface area contributed by atoms with Gasteiger partial charge in [-0.15, -0.1) is 11.3 Å². The van der Waals surface area contributed by atoms with Gasteiger partial charge in [0.1, 0.15) is 11.9 Å². The number of carbonyl (C=O) groups is 1. The summed E-state index contributed by atoms with van der Waals surface area (Å²) in [6.45, 7) is 3.42. The average Bonchev–Trinajstić information content (AvgIpc) is 3.54. The number of rotatable bonds is 7. The van der Waals surface area contributed by atoms with Crippen molar-refractivity contribution in [1.82, 2.24) is 15.0 Å². The van der Waals surface area contributed by atoms with E-state index in [0.717, 1.165) is 22.5 Å². The molecular weight excluding hydrogens is 448 g/mol. The van der Waals surface area contributed by atoms with Crippen molar-refractivity contribution in [3.63, 3.8) is 0 Å². The first-order chi connectivity index (χ1) is 15.2. The number of hydrogen-bond donors (Lipinski definition) is 2. The van der Waals surface area contributed by atoms with Crippen LogP contribution in [-0.2, 0) is 20.2 Å². The van der Waals surface area contributed by atoms with Crippen molar-refractivity contribution in [2.45, 2.75) is 37.4 Å². The lowest BCUT2D eigenvalue weighted by Gasteiger charge is -2.21. The van der Waals surface area contributed by atoms with E-state index in [9.17, 15) is 13.2 Å². The first-order valence-corrected chi connectivity index (χ1v) is 12.2. The molecule has 1 aliphatic rings. The van der Waals surface area contributed by atoms with Gasteiger partial charge in [0.2, 0.25) is 15.9 Å². The molecule has 3 aromatic rings. The van der Waals surface area contributed by atoms with Crippen LogP contribution in [0.5, 0.6) is 0 Å². The number of amides is 1. The summed E-state index contributed by atoms with van der Waals surface area (Å²) in [5, 5.41) is 13.4. The highest BCUT2D eigenvalue weighted by Crippen LogP contribution is 2.33. The van der Waals surface area contributed by atoms with E-state index in [0.29, 0.717) is 29.9 Å². The van der Waals surface area contributed by atoms with E-state index in [1.54, 1.807) is 49.8 Å². The fourth-order valence-corrected chi connectivity index (χ4v) is 5.35. The van der Waals surface area contributed by atoms with Crippen molar-refractivity contribution >= 4 is 38.2 Å². The fraction of sp³-hybridized carbons (Fsp3) is 0.286. The molecule has 0 atom stereocenters. The molecular formula is C21H20N6O3S2. The summed E-state index contributed by atoms with van der Waals surface area (Å²) in [5.74, 6) is 0.0360. The van der Waals surface area contributed by atoms with Crippen LogP contribution in [0.3, 0.4) is 0 Å². The van der Waals surface area contributed by atoms with Crippen LogP contribution in [0.1, 0.15) is 37.9 Å². The number of aromatic nitrogens is 3. The van der Waals surface area contributed by atoms with Gasteiger partial charge in [-0.05, 0) is 44.9 Å². The molecule has 0 aromatic carbocycles. The van der Waals surface area contributed by atoms with Gasteiger partial charge in [0.25, 0.3) is 0 Å². The van der Waals surface area contributed by atoms with E-state index in [4.69, 9.17) is 5.26 Å². The lowest BCUT2D eigenvalue weighted by atomic mass is 9.89. The van der Waals surface area contributed by atoms with Crippen LogP contribution in [-0.4, -0.2) is 34.5 Å². The smallest absolute Gasteiger partial charge is 0.237 e. The van der Waals surface area contributed by atoms with Crippen molar-refractivity contribution in [2.24, 2.45) is 0 Å². The Morgan fingerprint density at radius 3 is 2.66 bits per heavy atom. The zero-order valence-corrected chi connectivity index (χ0v) is 19.0. The first kappa shape index (κ1) is 21.9. The van der Waals surface area contributed by atoms with Crippen LogP contribution in [0, 0.1) is 11.3 Å². The molecule has 32 heavy (non-hydrogen) atoms. The third-order valence-corrected chi connectivity index (χ3v) is 7.82. The Labute approximate surface area is 189 Å². The zero-order chi connectivity index (χ0) is 22.9. The minimum Gasteiger partial charge on any atom is -0.310 e. The highest BCUT2D eigenvalue weighted by Gasteiger charge is 2.37. The lowest BCUT2D eigenvalue weighted by Crippen LogP contribution is -2.35. The molecule has 164 valence electrons. The quantitative estimate of drug-likeness (QED) is 0.542. The summed E-state index contributed by atoms with van der Waals surface area (Å²) < 4.78 is 26.7. The van der Waals surface area contributed by atoms with Gasteiger partial charge in [0.05, 0.1) is 21.9 Å². The maximum atomic E-state index is 12.9. The van der Waals surface area contributed by atoms with Gasteiger partial charge in [-0.2, -0.15) is 5.26 Å². The topological polar surface area (TPSA) is 138 Å². The van der Waals surface area contributed by atoms with Gasteiger partial charge < -0.3 is 5.32 Å². The van der Waals surface area contributed by atoms with Gasteiger partial charge in [0, 0.05) is 35.1 Å². The number of hydrogen-bond acceptors (Lipinski definition) is 8. The summed E-state index contributed by atoms with van der Waals surface area (Å²) >= 11 is 1.15. The molecule has 9 nitrogen and oxygen atoms in total. The largest absolute Gasteiger partial charge is 0.310 e. The molecule has 0 spiro atoms. The van der Waals surface area contributed by atoms with Gasteiger partial charge in [-0.25, -0.2) is 18.4 Å². The van der Waals surface area contributed by atoms with E-state index < -0.39 is 15.4 Å². The van der Waals surface area contributed by atoms with E-state index in [2.05, 4.69) is 25.0 Å². The van der Waals surface area contributed by atoms with Gasteiger partial charge in [-0.1, -0.05) is 0 Å². The van der Waals surface area contributed by atoms with Crippen molar-refractivity contribution in [2.75, 3.05) is 10.0 Å². The number of anilines is 2. The third-order valence-electron chi connectivity index (χ3n) is 5.11. The Morgan fingerprint density at radius 1 is 1.22 bits per heavy atom. The zero-order valence-electron chi connectivity index (χ0n) is 17.4. The minimum atomic E-state index is -3.41. The van der Waals surface area contributed by atoms with Crippen LogP contribution in [0.2, 0.25) is 0 Å². The molecule has 0 saturated heterocycles. The molecule has 2 N–H and O–H groups in total. The Morgan fingerprint density at radius 2 is 2.00 bits per heavy atom. The Balaban J connectivity index is 1.45. The van der Waals surface area contributed by atoms with E-state index >= 15 is 0 Å². The molecule has 4 rings (SSSR count). The van der Waals surface area contributed by atoms with Crippen molar-refractivity contribution in [3.05, 3.63) is 53.4 Å². The second kappa shape index (κ2) is 8.29. The van der Waals surface area contributed by atoms with E-state index in [1.807, 2.05) is 6.07 Å². The summed E-state index contributed by atoms with van der Waals surface area (Å²) in [7, 11) is -3.41. The number of thiazole rings is 1. The highest BCUT2D eigenvalue weighted by molar-refractivity contribution is 7.93. The SMILES string of the molecule is CC(C)(C(=O)Nc1ccc(-c2cncc(C#N)c2)cn1)c1csc(NS(=O)(=O)C2CC2)n1. The summed E-state index contributed by atoms with van der Waals surface area (Å²) in [6.07, 6.45) is 6.03. The predicted molar refractivity (Wildman–Crippen MR) is 122 cm³/mol. The monoisotopic (exact) mass is 468 g/mol. The average molecular weight is 469 g/mol. The predicted octanol–water partition coefficient (Wildman–Crippen LogP) is 3.29. The molecule has 3 heterocycles. The number of nitriles is 1. The summed E-state index contributed by atoms with van der Waals surface area (Å²) in [4.78, 5) is 25.6. The van der Waals surface area contributed by atoms with Crippen LogP contribution in [0.25, 0.3) is 11.1 Å². The Hall–Kier alpha value is -3.36. The van der Waals surface area contributed by atoms with Crippen molar-refractivity contribution < 1.29 is 13.2 Å². The number of nitrogens with one attached hydrogen (secondary N) is 2. The van der Waals surface area contributed by atoms with E-state index in [-0.39, 0.29) is 16.3 Å². The molecule has 1 aliphatic carbocycles. The first-order valence-electron chi connectivity index (χ1n) is 9.80. The highest BCUT2D eigenvalue weighted by atomic mass is 32.2. The fourth-order valence-electron chi connectivity index (χ4n) is 2.88. The van der Waals surface area contributed by atoms with Crippen LogP contribution >= 0.6 is 11.3 Å². The normalized spacial score (nSPS) is 13.9. The van der Waals surface area contributed by atoms with Crippen molar-refractivity contribution in [3.8, 4) is 17.2 Å².